The zero-order valence-corrected chi connectivity index (χ0v) is 13.0. The van der Waals surface area contributed by atoms with Crippen molar-refractivity contribution in [2.75, 3.05) is 32.4 Å². The molecule has 2 nitrogen and oxygen atoms in total. The first-order valence-electron chi connectivity index (χ1n) is 7.42. The Morgan fingerprint density at radius 2 is 2.11 bits per heavy atom. The normalized spacial score (nSPS) is 17.8. The van der Waals surface area contributed by atoms with Crippen LogP contribution >= 0.6 is 11.8 Å². The number of benzene rings is 1. The van der Waals surface area contributed by atoms with E-state index in [2.05, 4.69) is 41.4 Å². The summed E-state index contributed by atoms with van der Waals surface area (Å²) in [6.07, 6.45) is 4.10. The molecule has 1 aliphatic rings. The Bertz CT molecular complexity index is 375. The van der Waals surface area contributed by atoms with Crippen molar-refractivity contribution in [3.63, 3.8) is 0 Å². The third-order valence-electron chi connectivity index (χ3n) is 3.88. The molecule has 0 aromatic heterocycles. The molecule has 1 unspecified atom stereocenters. The molecule has 106 valence electrons. The highest BCUT2D eigenvalue weighted by molar-refractivity contribution is 7.99. The van der Waals surface area contributed by atoms with Gasteiger partial charge < -0.3 is 10.2 Å². The number of nitrogens with zero attached hydrogens (tertiary/aromatic N) is 1. The van der Waals surface area contributed by atoms with E-state index in [0.29, 0.717) is 6.04 Å². The average Bonchev–Trinajstić information content (AvgIpc) is 2.96. The van der Waals surface area contributed by atoms with E-state index in [1.54, 1.807) is 0 Å². The maximum atomic E-state index is 3.30. The van der Waals surface area contributed by atoms with Gasteiger partial charge in [-0.2, -0.15) is 0 Å². The molecule has 19 heavy (non-hydrogen) atoms. The smallest absolute Gasteiger partial charge is 0.0289 e. The van der Waals surface area contributed by atoms with Gasteiger partial charge in [0.05, 0.1) is 0 Å². The van der Waals surface area contributed by atoms with Crippen LogP contribution in [-0.4, -0.2) is 37.3 Å². The van der Waals surface area contributed by atoms with Gasteiger partial charge in [0, 0.05) is 10.9 Å². The van der Waals surface area contributed by atoms with Crippen LogP contribution in [-0.2, 0) is 0 Å². The molecule has 1 N–H and O–H groups in total. The molecule has 0 aliphatic carbocycles. The summed E-state index contributed by atoms with van der Waals surface area (Å²) >= 11 is 1.99. The van der Waals surface area contributed by atoms with Crippen molar-refractivity contribution in [2.45, 2.75) is 37.1 Å². The number of likely N-dealkylation sites (tertiary alicyclic amines) is 1. The molecule has 1 aromatic carbocycles. The Kier molecular flexibility index (Phi) is 6.21. The molecule has 2 rings (SSSR count). The lowest BCUT2D eigenvalue weighted by Gasteiger charge is -2.14. The van der Waals surface area contributed by atoms with E-state index < -0.39 is 0 Å². The predicted molar refractivity (Wildman–Crippen MR) is 84.9 cm³/mol. The van der Waals surface area contributed by atoms with Crippen LogP contribution in [0.5, 0.6) is 0 Å². The third kappa shape index (κ3) is 4.83. The molecule has 0 saturated carbocycles. The minimum Gasteiger partial charge on any atom is -0.313 e. The van der Waals surface area contributed by atoms with Crippen LogP contribution in [0.25, 0.3) is 0 Å². The molecule has 3 heteroatoms. The predicted octanol–water partition coefficient (Wildman–Crippen LogP) is 3.55. The van der Waals surface area contributed by atoms with Gasteiger partial charge in [-0.25, -0.2) is 0 Å². The van der Waals surface area contributed by atoms with Crippen LogP contribution in [0.4, 0.5) is 0 Å². The van der Waals surface area contributed by atoms with Gasteiger partial charge in [0.15, 0.2) is 0 Å². The maximum Gasteiger partial charge on any atom is 0.0289 e. The van der Waals surface area contributed by atoms with E-state index in [-0.39, 0.29) is 0 Å². The minimum atomic E-state index is 0.435. The summed E-state index contributed by atoms with van der Waals surface area (Å²) < 4.78 is 0. The van der Waals surface area contributed by atoms with Crippen LogP contribution in [0.15, 0.2) is 29.2 Å². The van der Waals surface area contributed by atoms with E-state index in [0.717, 1.165) is 0 Å². The van der Waals surface area contributed by atoms with Gasteiger partial charge in [-0.05, 0) is 76.3 Å². The van der Waals surface area contributed by atoms with Crippen LogP contribution in [0.3, 0.4) is 0 Å². The lowest BCUT2D eigenvalue weighted by molar-refractivity contribution is 0.341. The second-order valence-corrected chi connectivity index (χ2v) is 6.50. The highest BCUT2D eigenvalue weighted by atomic mass is 32.2. The van der Waals surface area contributed by atoms with Crippen LogP contribution < -0.4 is 5.32 Å². The molecule has 1 fully saturated rings. The first-order chi connectivity index (χ1) is 9.29. The molecule has 1 heterocycles. The Morgan fingerprint density at radius 1 is 1.32 bits per heavy atom. The fraction of sp³-hybridized carbons (Fsp3) is 0.625. The highest BCUT2D eigenvalue weighted by Gasteiger charge is 2.10. The number of rotatable bonds is 7. The van der Waals surface area contributed by atoms with Crippen molar-refractivity contribution < 1.29 is 0 Å². The fourth-order valence-electron chi connectivity index (χ4n) is 2.52. The zero-order chi connectivity index (χ0) is 13.5. The molecule has 1 aliphatic heterocycles. The Balaban J connectivity index is 1.72. The summed E-state index contributed by atoms with van der Waals surface area (Å²) in [6.45, 7) is 6.12. The second kappa shape index (κ2) is 7.93. The van der Waals surface area contributed by atoms with Crippen LogP contribution in [0, 0.1) is 0 Å². The van der Waals surface area contributed by atoms with Crippen LogP contribution in [0.1, 0.15) is 37.8 Å². The van der Waals surface area contributed by atoms with E-state index in [9.17, 15) is 0 Å². The molecular weight excluding hydrogens is 252 g/mol. The van der Waals surface area contributed by atoms with Gasteiger partial charge in [-0.3, -0.25) is 0 Å². The first kappa shape index (κ1) is 14.9. The van der Waals surface area contributed by atoms with Gasteiger partial charge in [-0.15, -0.1) is 11.8 Å². The standard InChI is InChI=1S/C16H26N2S/c1-14(17-2)15-7-5-8-16(13-15)19-12-6-11-18-9-3-4-10-18/h5,7-8,13-14,17H,3-4,6,9-12H2,1-2H3. The van der Waals surface area contributed by atoms with E-state index in [1.807, 2.05) is 18.8 Å². The monoisotopic (exact) mass is 278 g/mol. The first-order valence-corrected chi connectivity index (χ1v) is 8.40. The van der Waals surface area contributed by atoms with Crippen LogP contribution in [0.2, 0.25) is 0 Å². The summed E-state index contributed by atoms with van der Waals surface area (Å²) in [6, 6.07) is 9.36. The Morgan fingerprint density at radius 3 is 2.84 bits per heavy atom. The molecular formula is C16H26N2S. The number of hydrogen-bond donors (Lipinski definition) is 1. The average molecular weight is 278 g/mol. The summed E-state index contributed by atoms with van der Waals surface area (Å²) in [4.78, 5) is 4.00. The number of nitrogens with one attached hydrogen (secondary N) is 1. The molecule has 0 spiro atoms. The van der Waals surface area contributed by atoms with Gasteiger partial charge in [0.2, 0.25) is 0 Å². The SMILES string of the molecule is CNC(C)c1cccc(SCCCN2CCCC2)c1. The molecule has 1 atom stereocenters. The Labute approximate surface area is 122 Å². The molecule has 0 radical (unpaired) electrons. The van der Waals surface area contributed by atoms with Crippen molar-refractivity contribution >= 4 is 11.8 Å². The number of thioether (sulfide) groups is 1. The van der Waals surface area contributed by atoms with Gasteiger partial charge >= 0.3 is 0 Å². The summed E-state index contributed by atoms with van der Waals surface area (Å²) in [7, 11) is 2.01. The molecule has 0 bridgehead atoms. The lowest BCUT2D eigenvalue weighted by Crippen LogP contribution is -2.20. The highest BCUT2D eigenvalue weighted by Crippen LogP contribution is 2.23. The quantitative estimate of drug-likeness (QED) is 0.606. The van der Waals surface area contributed by atoms with Crippen molar-refractivity contribution in [1.82, 2.24) is 10.2 Å². The van der Waals surface area contributed by atoms with Gasteiger partial charge in [0.25, 0.3) is 0 Å². The van der Waals surface area contributed by atoms with Crippen molar-refractivity contribution in [1.29, 1.82) is 0 Å². The van der Waals surface area contributed by atoms with E-state index in [1.165, 1.54) is 55.1 Å². The van der Waals surface area contributed by atoms with Crippen molar-refractivity contribution in [3.05, 3.63) is 29.8 Å². The van der Waals surface area contributed by atoms with Crippen molar-refractivity contribution in [3.8, 4) is 0 Å². The Hall–Kier alpha value is -0.510. The summed E-state index contributed by atoms with van der Waals surface area (Å²) in [5.41, 5.74) is 1.38. The van der Waals surface area contributed by atoms with Gasteiger partial charge in [0.1, 0.15) is 0 Å². The summed E-state index contributed by atoms with van der Waals surface area (Å²) in [5.74, 6) is 1.23. The fourth-order valence-corrected chi connectivity index (χ4v) is 3.43. The lowest BCUT2D eigenvalue weighted by atomic mass is 10.1. The molecule has 1 aromatic rings. The minimum absolute atomic E-state index is 0.435. The van der Waals surface area contributed by atoms with E-state index in [4.69, 9.17) is 0 Å². The summed E-state index contributed by atoms with van der Waals surface area (Å²) in [5, 5.41) is 3.30. The third-order valence-corrected chi connectivity index (χ3v) is 4.96. The maximum absolute atomic E-state index is 3.30. The van der Waals surface area contributed by atoms with Crippen molar-refractivity contribution in [2.24, 2.45) is 0 Å². The van der Waals surface area contributed by atoms with Gasteiger partial charge in [-0.1, -0.05) is 12.1 Å². The largest absolute Gasteiger partial charge is 0.313 e. The second-order valence-electron chi connectivity index (χ2n) is 5.33. The molecule has 0 amide bonds. The topological polar surface area (TPSA) is 15.3 Å². The number of hydrogen-bond acceptors (Lipinski definition) is 3. The molecule has 1 saturated heterocycles. The van der Waals surface area contributed by atoms with E-state index >= 15 is 0 Å². The zero-order valence-electron chi connectivity index (χ0n) is 12.2.